The van der Waals surface area contributed by atoms with Gasteiger partial charge in [0.15, 0.2) is 13.2 Å². The summed E-state index contributed by atoms with van der Waals surface area (Å²) in [7, 11) is 0. The summed E-state index contributed by atoms with van der Waals surface area (Å²) in [5, 5.41) is 0. The van der Waals surface area contributed by atoms with Gasteiger partial charge in [-0.05, 0) is 31.0 Å². The lowest BCUT2D eigenvalue weighted by Crippen LogP contribution is -2.45. The summed E-state index contributed by atoms with van der Waals surface area (Å²) in [5.74, 6) is -1.19. The number of rotatable bonds is 6. The Hall–Kier alpha value is -2.09. The van der Waals surface area contributed by atoms with Crippen molar-refractivity contribution in [2.45, 2.75) is 12.8 Å². The molecule has 1 fully saturated rings. The van der Waals surface area contributed by atoms with Crippen molar-refractivity contribution >= 4 is 33.7 Å². The predicted molar refractivity (Wildman–Crippen MR) is 89.1 cm³/mol. The molecule has 2 N–H and O–H groups in total. The van der Waals surface area contributed by atoms with E-state index in [9.17, 15) is 14.4 Å². The molecule has 1 atom stereocenters. The number of nitrogens with zero attached hydrogens (tertiary/aromatic N) is 1. The summed E-state index contributed by atoms with van der Waals surface area (Å²) < 4.78 is 11.0. The molecule has 0 saturated carbocycles. The molecule has 0 aromatic heterocycles. The molecule has 24 heavy (non-hydrogen) atoms. The molecule has 0 spiro atoms. The number of piperidine rings is 1. The predicted octanol–water partition coefficient (Wildman–Crippen LogP) is 1.10. The van der Waals surface area contributed by atoms with Crippen molar-refractivity contribution in [2.75, 3.05) is 26.3 Å². The Morgan fingerprint density at radius 1 is 1.29 bits per heavy atom. The van der Waals surface area contributed by atoms with Gasteiger partial charge in [0.1, 0.15) is 5.75 Å². The number of primary amides is 1. The van der Waals surface area contributed by atoms with Crippen LogP contribution in [-0.4, -0.2) is 49.0 Å². The molecule has 1 aromatic carbocycles. The average Bonchev–Trinajstić information content (AvgIpc) is 2.58. The van der Waals surface area contributed by atoms with E-state index in [0.717, 1.165) is 4.47 Å². The van der Waals surface area contributed by atoms with E-state index in [0.29, 0.717) is 25.1 Å². The van der Waals surface area contributed by atoms with Crippen LogP contribution in [0.3, 0.4) is 0 Å². The second kappa shape index (κ2) is 8.68. The number of hydrogen-bond acceptors (Lipinski definition) is 5. The molecule has 1 aliphatic rings. The Labute approximate surface area is 148 Å². The quantitative estimate of drug-likeness (QED) is 0.723. The fourth-order valence-electron chi connectivity index (χ4n) is 2.41. The number of carbonyl (C=O) groups is 3. The van der Waals surface area contributed by atoms with Crippen molar-refractivity contribution < 1.29 is 23.9 Å². The van der Waals surface area contributed by atoms with Gasteiger partial charge in [-0.25, -0.2) is 4.79 Å². The van der Waals surface area contributed by atoms with Gasteiger partial charge >= 0.3 is 5.97 Å². The lowest BCUT2D eigenvalue weighted by molar-refractivity contribution is -0.154. The largest absolute Gasteiger partial charge is 0.482 e. The number of halogens is 1. The van der Waals surface area contributed by atoms with Crippen LogP contribution in [0.4, 0.5) is 0 Å². The van der Waals surface area contributed by atoms with Crippen molar-refractivity contribution in [3.05, 3.63) is 28.7 Å². The van der Waals surface area contributed by atoms with E-state index in [1.165, 1.54) is 4.90 Å². The highest BCUT2D eigenvalue weighted by atomic mass is 79.9. The van der Waals surface area contributed by atoms with Gasteiger partial charge in [-0.3, -0.25) is 9.59 Å². The molecular weight excluding hydrogens is 380 g/mol. The maximum Gasteiger partial charge on any atom is 0.344 e. The summed E-state index contributed by atoms with van der Waals surface area (Å²) >= 11 is 3.30. The van der Waals surface area contributed by atoms with Crippen LogP contribution in [0.5, 0.6) is 5.75 Å². The molecule has 2 rings (SSSR count). The molecule has 0 aliphatic carbocycles. The van der Waals surface area contributed by atoms with Gasteiger partial charge in [-0.1, -0.05) is 22.0 Å². The highest BCUT2D eigenvalue weighted by molar-refractivity contribution is 9.10. The lowest BCUT2D eigenvalue weighted by atomic mass is 9.97. The van der Waals surface area contributed by atoms with Crippen LogP contribution < -0.4 is 10.5 Å². The number of carbonyl (C=O) groups excluding carboxylic acids is 3. The van der Waals surface area contributed by atoms with Crippen LogP contribution in [0.2, 0.25) is 0 Å². The summed E-state index contributed by atoms with van der Waals surface area (Å²) in [4.78, 5) is 36.4. The Morgan fingerprint density at radius 3 is 2.79 bits per heavy atom. The first-order valence-corrected chi connectivity index (χ1v) is 8.36. The van der Waals surface area contributed by atoms with Gasteiger partial charge in [-0.2, -0.15) is 0 Å². The van der Waals surface area contributed by atoms with Gasteiger partial charge in [-0.15, -0.1) is 0 Å². The Morgan fingerprint density at radius 2 is 2.08 bits per heavy atom. The minimum absolute atomic E-state index is 0.278. The monoisotopic (exact) mass is 398 g/mol. The Kier molecular flexibility index (Phi) is 6.60. The molecule has 1 aromatic rings. The first-order valence-electron chi connectivity index (χ1n) is 7.57. The van der Waals surface area contributed by atoms with E-state index in [1.807, 2.05) is 6.07 Å². The maximum atomic E-state index is 12.0. The number of ether oxygens (including phenoxy) is 2. The van der Waals surface area contributed by atoms with Gasteiger partial charge in [0.05, 0.1) is 5.92 Å². The molecule has 7 nitrogen and oxygen atoms in total. The average molecular weight is 399 g/mol. The van der Waals surface area contributed by atoms with Crippen molar-refractivity contribution in [3.63, 3.8) is 0 Å². The van der Waals surface area contributed by atoms with E-state index in [2.05, 4.69) is 15.9 Å². The SMILES string of the molecule is NC(=O)[C@@H]1CCCN(C(=O)COC(=O)COc2cccc(Br)c2)C1. The smallest absolute Gasteiger partial charge is 0.344 e. The zero-order valence-corrected chi connectivity index (χ0v) is 14.7. The van der Waals surface area contributed by atoms with Crippen molar-refractivity contribution in [1.82, 2.24) is 4.90 Å². The highest BCUT2D eigenvalue weighted by Gasteiger charge is 2.27. The van der Waals surface area contributed by atoms with Gasteiger partial charge in [0, 0.05) is 17.6 Å². The first-order chi connectivity index (χ1) is 11.5. The summed E-state index contributed by atoms with van der Waals surface area (Å²) in [6.45, 7) is 0.161. The fraction of sp³-hybridized carbons (Fsp3) is 0.438. The maximum absolute atomic E-state index is 12.0. The molecule has 8 heteroatoms. The molecule has 1 heterocycles. The molecule has 130 valence electrons. The van der Waals surface area contributed by atoms with Crippen molar-refractivity contribution in [2.24, 2.45) is 11.7 Å². The number of benzene rings is 1. The minimum Gasteiger partial charge on any atom is -0.482 e. The zero-order chi connectivity index (χ0) is 17.5. The Balaban J connectivity index is 1.73. The lowest BCUT2D eigenvalue weighted by Gasteiger charge is -2.31. The van der Waals surface area contributed by atoms with Gasteiger partial charge in [0.2, 0.25) is 5.91 Å². The normalized spacial score (nSPS) is 17.2. The van der Waals surface area contributed by atoms with Gasteiger partial charge < -0.3 is 20.1 Å². The van der Waals surface area contributed by atoms with Gasteiger partial charge in [0.25, 0.3) is 5.91 Å². The van der Waals surface area contributed by atoms with Crippen LogP contribution in [0, 0.1) is 5.92 Å². The fourth-order valence-corrected chi connectivity index (χ4v) is 2.79. The minimum atomic E-state index is -0.633. The second-order valence-corrected chi connectivity index (χ2v) is 6.40. The third-order valence-electron chi connectivity index (χ3n) is 3.69. The second-order valence-electron chi connectivity index (χ2n) is 5.49. The molecule has 1 aliphatic heterocycles. The van der Waals surface area contributed by atoms with Crippen LogP contribution in [0.1, 0.15) is 12.8 Å². The van der Waals surface area contributed by atoms with E-state index >= 15 is 0 Å². The molecule has 2 amide bonds. The number of nitrogens with two attached hydrogens (primary N) is 1. The standard InChI is InChI=1S/C16H19BrN2O5/c17-12-4-1-5-13(7-12)23-10-15(21)24-9-14(20)19-6-2-3-11(8-19)16(18)22/h1,4-5,7,11H,2-3,6,8-10H2,(H2,18,22)/t11-/m1/s1. The molecular formula is C16H19BrN2O5. The molecule has 0 bridgehead atoms. The summed E-state index contributed by atoms with van der Waals surface area (Å²) in [5.41, 5.74) is 5.28. The van der Waals surface area contributed by atoms with Crippen LogP contribution in [0.15, 0.2) is 28.7 Å². The Bertz CT molecular complexity index is 622. The number of hydrogen-bond donors (Lipinski definition) is 1. The molecule has 1 saturated heterocycles. The van der Waals surface area contributed by atoms with E-state index in [-0.39, 0.29) is 31.6 Å². The number of likely N-dealkylation sites (tertiary alicyclic amines) is 1. The zero-order valence-electron chi connectivity index (χ0n) is 13.1. The van der Waals surface area contributed by atoms with Crippen LogP contribution >= 0.6 is 15.9 Å². The van der Waals surface area contributed by atoms with E-state index in [4.69, 9.17) is 15.2 Å². The molecule has 0 radical (unpaired) electrons. The number of esters is 1. The third kappa shape index (κ3) is 5.52. The van der Waals surface area contributed by atoms with E-state index in [1.54, 1.807) is 18.2 Å². The van der Waals surface area contributed by atoms with Crippen LogP contribution in [-0.2, 0) is 19.1 Å². The highest BCUT2D eigenvalue weighted by Crippen LogP contribution is 2.18. The number of amides is 2. The summed E-state index contributed by atoms with van der Waals surface area (Å²) in [6, 6.07) is 7.04. The molecule has 0 unspecified atom stereocenters. The van der Waals surface area contributed by atoms with E-state index < -0.39 is 11.9 Å². The van der Waals surface area contributed by atoms with Crippen molar-refractivity contribution in [3.8, 4) is 5.75 Å². The van der Waals surface area contributed by atoms with Crippen LogP contribution in [0.25, 0.3) is 0 Å². The first kappa shape index (κ1) is 18.3. The topological polar surface area (TPSA) is 98.9 Å². The summed E-state index contributed by atoms with van der Waals surface area (Å²) in [6.07, 6.45) is 1.39. The van der Waals surface area contributed by atoms with Crippen molar-refractivity contribution in [1.29, 1.82) is 0 Å². The third-order valence-corrected chi connectivity index (χ3v) is 4.18.